The lowest BCUT2D eigenvalue weighted by Gasteiger charge is -2.14. The van der Waals surface area contributed by atoms with Crippen LogP contribution in [0.25, 0.3) is 0 Å². The van der Waals surface area contributed by atoms with E-state index in [4.69, 9.17) is 4.74 Å². The molecule has 118 valence electrons. The molecule has 0 saturated heterocycles. The first kappa shape index (κ1) is 15.8. The van der Waals surface area contributed by atoms with E-state index in [1.807, 2.05) is 19.9 Å². The molecule has 1 aromatic heterocycles. The van der Waals surface area contributed by atoms with E-state index in [1.165, 1.54) is 19.2 Å². The number of aromatic nitrogens is 2. The third-order valence-corrected chi connectivity index (χ3v) is 3.02. The highest BCUT2D eigenvalue weighted by atomic mass is 19.1. The van der Waals surface area contributed by atoms with Gasteiger partial charge in [-0.25, -0.2) is 9.18 Å². The number of methoxy groups -OCH3 is 1. The molecular formula is C15H19FN4O2. The van der Waals surface area contributed by atoms with Crippen LogP contribution in [0.4, 0.5) is 14.9 Å². The first-order chi connectivity index (χ1) is 10.5. The zero-order valence-electron chi connectivity index (χ0n) is 12.7. The monoisotopic (exact) mass is 306 g/mol. The molecule has 2 amide bonds. The van der Waals surface area contributed by atoms with Crippen LogP contribution in [0.2, 0.25) is 0 Å². The fourth-order valence-electron chi connectivity index (χ4n) is 2.09. The number of halogens is 1. The van der Waals surface area contributed by atoms with Crippen LogP contribution < -0.4 is 15.4 Å². The van der Waals surface area contributed by atoms with Crippen LogP contribution in [0, 0.1) is 12.7 Å². The minimum Gasteiger partial charge on any atom is -0.497 e. The van der Waals surface area contributed by atoms with Crippen molar-refractivity contribution in [1.29, 1.82) is 0 Å². The first-order valence-electron chi connectivity index (χ1n) is 6.89. The number of benzene rings is 1. The van der Waals surface area contributed by atoms with E-state index in [2.05, 4.69) is 20.8 Å². The highest BCUT2D eigenvalue weighted by Crippen LogP contribution is 2.19. The van der Waals surface area contributed by atoms with Crippen molar-refractivity contribution in [3.63, 3.8) is 0 Å². The quantitative estimate of drug-likeness (QED) is 0.794. The number of urea groups is 1. The molecule has 6 nitrogen and oxygen atoms in total. The van der Waals surface area contributed by atoms with Crippen molar-refractivity contribution in [3.05, 3.63) is 41.5 Å². The average Bonchev–Trinajstić information content (AvgIpc) is 2.82. The number of rotatable bonds is 5. The van der Waals surface area contributed by atoms with Gasteiger partial charge in [0.2, 0.25) is 0 Å². The maximum absolute atomic E-state index is 13.4. The molecule has 0 bridgehead atoms. The number of anilines is 1. The Kier molecular flexibility index (Phi) is 4.98. The van der Waals surface area contributed by atoms with Crippen molar-refractivity contribution in [3.8, 4) is 5.75 Å². The van der Waals surface area contributed by atoms with E-state index < -0.39 is 11.8 Å². The van der Waals surface area contributed by atoms with Gasteiger partial charge in [-0.1, -0.05) is 0 Å². The van der Waals surface area contributed by atoms with Crippen molar-refractivity contribution in [1.82, 2.24) is 15.5 Å². The van der Waals surface area contributed by atoms with E-state index in [0.717, 1.165) is 11.4 Å². The van der Waals surface area contributed by atoms with Crippen LogP contribution in [0.15, 0.2) is 24.3 Å². The smallest absolute Gasteiger partial charge is 0.319 e. The molecule has 0 aliphatic carbocycles. The Morgan fingerprint density at radius 1 is 1.41 bits per heavy atom. The van der Waals surface area contributed by atoms with Gasteiger partial charge in [0.05, 0.1) is 12.8 Å². The van der Waals surface area contributed by atoms with Crippen molar-refractivity contribution >= 4 is 11.7 Å². The molecule has 0 aliphatic heterocycles. The third kappa shape index (κ3) is 4.47. The number of aryl methyl sites for hydroxylation is 1. The number of nitrogens with zero attached hydrogens (tertiary/aromatic N) is 1. The van der Waals surface area contributed by atoms with Crippen LogP contribution in [-0.2, 0) is 6.42 Å². The Balaban J connectivity index is 1.90. The largest absolute Gasteiger partial charge is 0.497 e. The minimum absolute atomic E-state index is 0.113. The van der Waals surface area contributed by atoms with E-state index in [-0.39, 0.29) is 6.04 Å². The number of amides is 2. The number of nitrogens with one attached hydrogen (secondary N) is 3. The molecule has 2 rings (SSSR count). The number of hydrogen-bond donors (Lipinski definition) is 3. The lowest BCUT2D eigenvalue weighted by Crippen LogP contribution is -2.37. The van der Waals surface area contributed by atoms with Crippen LogP contribution in [0.5, 0.6) is 5.75 Å². The maximum Gasteiger partial charge on any atom is 0.319 e. The second-order valence-electron chi connectivity index (χ2n) is 5.13. The molecule has 0 spiro atoms. The van der Waals surface area contributed by atoms with Gasteiger partial charge in [-0.05, 0) is 26.0 Å². The number of carbonyl (C=O) groups excluding carboxylic acids is 1. The zero-order valence-corrected chi connectivity index (χ0v) is 12.7. The van der Waals surface area contributed by atoms with Gasteiger partial charge >= 0.3 is 6.03 Å². The molecule has 0 aliphatic rings. The Morgan fingerprint density at radius 2 is 2.18 bits per heavy atom. The van der Waals surface area contributed by atoms with Crippen molar-refractivity contribution in [2.45, 2.75) is 26.3 Å². The fourth-order valence-corrected chi connectivity index (χ4v) is 2.09. The first-order valence-corrected chi connectivity index (χ1v) is 6.89. The van der Waals surface area contributed by atoms with Gasteiger partial charge in [0.15, 0.2) is 0 Å². The van der Waals surface area contributed by atoms with Crippen LogP contribution in [0.1, 0.15) is 18.3 Å². The molecule has 0 unspecified atom stereocenters. The van der Waals surface area contributed by atoms with Crippen molar-refractivity contribution < 1.29 is 13.9 Å². The summed E-state index contributed by atoms with van der Waals surface area (Å²) >= 11 is 0. The Hall–Kier alpha value is -2.57. The van der Waals surface area contributed by atoms with Gasteiger partial charge < -0.3 is 15.4 Å². The Labute approximate surface area is 128 Å². The maximum atomic E-state index is 13.4. The van der Waals surface area contributed by atoms with Crippen LogP contribution >= 0.6 is 0 Å². The molecule has 1 atom stereocenters. The molecule has 2 aromatic rings. The fraction of sp³-hybridized carbons (Fsp3) is 0.333. The molecule has 1 heterocycles. The second kappa shape index (κ2) is 6.93. The second-order valence-corrected chi connectivity index (χ2v) is 5.13. The summed E-state index contributed by atoms with van der Waals surface area (Å²) < 4.78 is 18.3. The van der Waals surface area contributed by atoms with E-state index in [9.17, 15) is 9.18 Å². The summed E-state index contributed by atoms with van der Waals surface area (Å²) in [5.74, 6) is -0.134. The van der Waals surface area contributed by atoms with E-state index >= 15 is 0 Å². The number of H-pyrrole nitrogens is 1. The van der Waals surface area contributed by atoms with Gasteiger partial charge in [-0.3, -0.25) is 5.10 Å². The predicted octanol–water partition coefficient (Wildman–Crippen LogP) is 2.62. The van der Waals surface area contributed by atoms with Crippen LogP contribution in [0.3, 0.4) is 0 Å². The van der Waals surface area contributed by atoms with Gasteiger partial charge in [0.25, 0.3) is 0 Å². The Bertz CT molecular complexity index is 657. The SMILES string of the molecule is COc1cc(F)cc(NC(=O)N[C@H](C)Cc2cc(C)[nH]n2)c1. The average molecular weight is 306 g/mol. The molecule has 22 heavy (non-hydrogen) atoms. The molecule has 0 radical (unpaired) electrons. The predicted molar refractivity (Wildman–Crippen MR) is 81.6 cm³/mol. The summed E-state index contributed by atoms with van der Waals surface area (Å²) in [5.41, 5.74) is 2.17. The summed E-state index contributed by atoms with van der Waals surface area (Å²) in [5, 5.41) is 12.3. The number of ether oxygens (including phenoxy) is 1. The minimum atomic E-state index is -0.477. The molecule has 3 N–H and O–H groups in total. The molecule has 7 heteroatoms. The normalized spacial score (nSPS) is 11.8. The van der Waals surface area contributed by atoms with E-state index in [1.54, 1.807) is 6.07 Å². The third-order valence-electron chi connectivity index (χ3n) is 3.02. The van der Waals surface area contributed by atoms with Crippen molar-refractivity contribution in [2.24, 2.45) is 0 Å². The van der Waals surface area contributed by atoms with Crippen LogP contribution in [-0.4, -0.2) is 29.4 Å². The van der Waals surface area contributed by atoms with E-state index in [0.29, 0.717) is 17.9 Å². The topological polar surface area (TPSA) is 79.0 Å². The Morgan fingerprint density at radius 3 is 2.82 bits per heavy atom. The van der Waals surface area contributed by atoms with Gasteiger partial charge in [-0.15, -0.1) is 0 Å². The summed E-state index contributed by atoms with van der Waals surface area (Å²) in [6.45, 7) is 3.79. The number of carbonyl (C=O) groups is 1. The van der Waals surface area contributed by atoms with Gasteiger partial charge in [-0.2, -0.15) is 5.10 Å². The summed E-state index contributed by atoms with van der Waals surface area (Å²) in [6, 6.07) is 5.42. The molecule has 1 aromatic carbocycles. The van der Waals surface area contributed by atoms with Gasteiger partial charge in [0.1, 0.15) is 11.6 Å². The summed E-state index contributed by atoms with van der Waals surface area (Å²) in [6.07, 6.45) is 0.601. The van der Waals surface area contributed by atoms with Gasteiger partial charge in [0, 0.05) is 36.0 Å². The molecule has 0 saturated carbocycles. The summed E-state index contributed by atoms with van der Waals surface area (Å²) in [4.78, 5) is 11.9. The standard InChI is InChI=1S/C15H19FN4O2/c1-9(4-13-5-10(2)19-20-13)17-15(21)18-12-6-11(16)7-14(8-12)22-3/h5-9H,4H2,1-3H3,(H,19,20)(H2,17,18,21)/t9-/m1/s1. The zero-order chi connectivity index (χ0) is 16.1. The number of aromatic amines is 1. The summed E-state index contributed by atoms with van der Waals surface area (Å²) in [7, 11) is 1.44. The number of hydrogen-bond acceptors (Lipinski definition) is 3. The van der Waals surface area contributed by atoms with Crippen molar-refractivity contribution in [2.75, 3.05) is 12.4 Å². The lowest BCUT2D eigenvalue weighted by atomic mass is 10.2. The highest BCUT2D eigenvalue weighted by molar-refractivity contribution is 5.89. The molecule has 0 fully saturated rings. The lowest BCUT2D eigenvalue weighted by molar-refractivity contribution is 0.249. The molecular weight excluding hydrogens is 287 g/mol. The highest BCUT2D eigenvalue weighted by Gasteiger charge is 2.11.